The van der Waals surface area contributed by atoms with Crippen molar-refractivity contribution in [1.29, 1.82) is 0 Å². The van der Waals surface area contributed by atoms with Gasteiger partial charge in [0.2, 0.25) is 0 Å². The standard InChI is InChI=1S/C18H15ClN2O4S/c19-14-5-2-6-15(11-14)21-26(23,24)17-8-1-4-13(10-17)18(22)20-12-16-7-3-9-25-16/h1-11,21H,12H2,(H,20,22). The molecule has 1 heterocycles. The Morgan fingerprint density at radius 3 is 2.58 bits per heavy atom. The summed E-state index contributed by atoms with van der Waals surface area (Å²) in [6.45, 7) is 0.212. The Labute approximate surface area is 155 Å². The molecule has 0 aliphatic carbocycles. The largest absolute Gasteiger partial charge is 0.467 e. The Bertz CT molecular complexity index is 1020. The summed E-state index contributed by atoms with van der Waals surface area (Å²) in [6, 6.07) is 15.6. The van der Waals surface area contributed by atoms with Gasteiger partial charge in [-0.3, -0.25) is 9.52 Å². The summed E-state index contributed by atoms with van der Waals surface area (Å²) in [6.07, 6.45) is 1.51. The van der Waals surface area contributed by atoms with Gasteiger partial charge in [-0.25, -0.2) is 8.42 Å². The summed E-state index contributed by atoms with van der Waals surface area (Å²) in [7, 11) is -3.85. The van der Waals surface area contributed by atoms with Gasteiger partial charge in [-0.05, 0) is 48.5 Å². The number of carbonyl (C=O) groups excluding carboxylic acids is 1. The molecule has 6 nitrogen and oxygen atoms in total. The number of rotatable bonds is 6. The Morgan fingerprint density at radius 2 is 1.85 bits per heavy atom. The van der Waals surface area contributed by atoms with Gasteiger partial charge in [0.1, 0.15) is 5.76 Å². The third kappa shape index (κ3) is 4.44. The summed E-state index contributed by atoms with van der Waals surface area (Å²) < 4.78 is 32.6. The van der Waals surface area contributed by atoms with Crippen molar-refractivity contribution in [1.82, 2.24) is 5.32 Å². The van der Waals surface area contributed by atoms with Crippen LogP contribution in [0.5, 0.6) is 0 Å². The molecule has 0 atom stereocenters. The predicted molar refractivity (Wildman–Crippen MR) is 98.6 cm³/mol. The third-order valence-electron chi connectivity index (χ3n) is 3.49. The number of nitrogens with one attached hydrogen (secondary N) is 2. The van der Waals surface area contributed by atoms with Crippen LogP contribution in [0.15, 0.2) is 76.2 Å². The second-order valence-electron chi connectivity index (χ2n) is 5.41. The zero-order chi connectivity index (χ0) is 18.6. The molecule has 2 aromatic carbocycles. The van der Waals surface area contributed by atoms with Crippen LogP contribution in [0.2, 0.25) is 5.02 Å². The molecule has 0 aliphatic heterocycles. The van der Waals surface area contributed by atoms with Crippen molar-refractivity contribution in [3.63, 3.8) is 0 Å². The van der Waals surface area contributed by atoms with Gasteiger partial charge in [-0.2, -0.15) is 0 Å². The molecule has 3 rings (SSSR count). The first-order valence-corrected chi connectivity index (χ1v) is 9.49. The SMILES string of the molecule is O=C(NCc1ccco1)c1cccc(S(=O)(=O)Nc2cccc(Cl)c2)c1. The van der Waals surface area contributed by atoms with E-state index in [1.54, 1.807) is 30.3 Å². The first-order valence-electron chi connectivity index (χ1n) is 7.63. The first kappa shape index (κ1) is 18.0. The third-order valence-corrected chi connectivity index (χ3v) is 5.10. The van der Waals surface area contributed by atoms with Crippen LogP contribution in [0.1, 0.15) is 16.1 Å². The molecule has 0 radical (unpaired) electrons. The van der Waals surface area contributed by atoms with Gasteiger partial charge >= 0.3 is 0 Å². The molecule has 0 unspecified atom stereocenters. The van der Waals surface area contributed by atoms with E-state index in [-0.39, 0.29) is 17.0 Å². The maximum atomic E-state index is 12.5. The number of carbonyl (C=O) groups is 1. The van der Waals surface area contributed by atoms with Crippen LogP contribution < -0.4 is 10.0 Å². The van der Waals surface area contributed by atoms with Crippen molar-refractivity contribution in [3.8, 4) is 0 Å². The fraction of sp³-hybridized carbons (Fsp3) is 0.0556. The molecule has 0 aliphatic rings. The summed E-state index contributed by atoms with van der Waals surface area (Å²) in [5.74, 6) is 0.200. The monoisotopic (exact) mass is 390 g/mol. The molecule has 3 aromatic rings. The van der Waals surface area contributed by atoms with Crippen LogP contribution in [0.25, 0.3) is 0 Å². The van der Waals surface area contributed by atoms with Crippen LogP contribution in [0.4, 0.5) is 5.69 Å². The first-order chi connectivity index (χ1) is 12.4. The number of benzene rings is 2. The van der Waals surface area contributed by atoms with Gasteiger partial charge in [-0.15, -0.1) is 0 Å². The van der Waals surface area contributed by atoms with Gasteiger partial charge in [0.05, 0.1) is 23.4 Å². The average Bonchev–Trinajstić information content (AvgIpc) is 3.13. The lowest BCUT2D eigenvalue weighted by molar-refractivity contribution is 0.0948. The van der Waals surface area contributed by atoms with E-state index in [4.69, 9.17) is 16.0 Å². The topological polar surface area (TPSA) is 88.4 Å². The molecule has 2 N–H and O–H groups in total. The molecule has 0 fully saturated rings. The minimum absolute atomic E-state index is 0.0249. The van der Waals surface area contributed by atoms with Crippen LogP contribution in [-0.4, -0.2) is 14.3 Å². The second-order valence-corrected chi connectivity index (χ2v) is 7.52. The maximum Gasteiger partial charge on any atom is 0.261 e. The van der Waals surface area contributed by atoms with E-state index < -0.39 is 15.9 Å². The second kappa shape index (κ2) is 7.63. The lowest BCUT2D eigenvalue weighted by atomic mass is 10.2. The van der Waals surface area contributed by atoms with Gasteiger partial charge in [-0.1, -0.05) is 23.7 Å². The fourth-order valence-corrected chi connectivity index (χ4v) is 3.54. The van der Waals surface area contributed by atoms with E-state index in [9.17, 15) is 13.2 Å². The minimum Gasteiger partial charge on any atom is -0.467 e. The van der Waals surface area contributed by atoms with E-state index in [2.05, 4.69) is 10.0 Å². The van der Waals surface area contributed by atoms with Gasteiger partial charge in [0.25, 0.3) is 15.9 Å². The van der Waals surface area contributed by atoms with E-state index >= 15 is 0 Å². The lowest BCUT2D eigenvalue weighted by Crippen LogP contribution is -2.23. The van der Waals surface area contributed by atoms with Gasteiger partial charge < -0.3 is 9.73 Å². The number of furan rings is 1. The predicted octanol–water partition coefficient (Wildman–Crippen LogP) is 3.66. The van der Waals surface area contributed by atoms with E-state index in [0.717, 1.165) is 0 Å². The number of hydrogen-bond donors (Lipinski definition) is 2. The molecule has 0 bridgehead atoms. The van der Waals surface area contributed by atoms with Crippen molar-refractivity contribution in [3.05, 3.63) is 83.3 Å². The summed E-state index contributed by atoms with van der Waals surface area (Å²) in [5.41, 5.74) is 0.565. The Hall–Kier alpha value is -2.77. The van der Waals surface area contributed by atoms with Gasteiger partial charge in [0, 0.05) is 10.6 Å². The van der Waals surface area contributed by atoms with Crippen molar-refractivity contribution in [2.45, 2.75) is 11.4 Å². The molecule has 0 saturated carbocycles. The number of sulfonamides is 1. The quantitative estimate of drug-likeness (QED) is 0.672. The number of anilines is 1. The van der Waals surface area contributed by atoms with Crippen molar-refractivity contribution < 1.29 is 17.6 Å². The Morgan fingerprint density at radius 1 is 1.04 bits per heavy atom. The lowest BCUT2D eigenvalue weighted by Gasteiger charge is -2.10. The highest BCUT2D eigenvalue weighted by atomic mass is 35.5. The maximum absolute atomic E-state index is 12.5. The number of hydrogen-bond acceptors (Lipinski definition) is 4. The summed E-state index contributed by atoms with van der Waals surface area (Å²) >= 11 is 5.87. The molecule has 8 heteroatoms. The zero-order valence-corrected chi connectivity index (χ0v) is 15.0. The molecular weight excluding hydrogens is 376 g/mol. The zero-order valence-electron chi connectivity index (χ0n) is 13.5. The number of amides is 1. The van der Waals surface area contributed by atoms with Crippen LogP contribution >= 0.6 is 11.6 Å². The van der Waals surface area contributed by atoms with E-state index in [0.29, 0.717) is 16.5 Å². The van der Waals surface area contributed by atoms with Gasteiger partial charge in [0.15, 0.2) is 0 Å². The Kier molecular flexibility index (Phi) is 5.29. The van der Waals surface area contributed by atoms with Crippen molar-refractivity contribution in [2.24, 2.45) is 0 Å². The average molecular weight is 391 g/mol. The van der Waals surface area contributed by atoms with Crippen molar-refractivity contribution in [2.75, 3.05) is 4.72 Å². The molecule has 1 aromatic heterocycles. The molecule has 1 amide bonds. The highest BCUT2D eigenvalue weighted by Crippen LogP contribution is 2.20. The summed E-state index contributed by atoms with van der Waals surface area (Å²) in [5, 5.41) is 3.09. The fourth-order valence-electron chi connectivity index (χ4n) is 2.25. The van der Waals surface area contributed by atoms with E-state index in [1.165, 1.54) is 36.6 Å². The minimum atomic E-state index is -3.85. The van der Waals surface area contributed by atoms with Crippen molar-refractivity contribution >= 4 is 33.2 Å². The molecule has 26 heavy (non-hydrogen) atoms. The highest BCUT2D eigenvalue weighted by molar-refractivity contribution is 7.92. The smallest absolute Gasteiger partial charge is 0.261 e. The normalized spacial score (nSPS) is 11.1. The highest BCUT2D eigenvalue weighted by Gasteiger charge is 2.17. The van der Waals surface area contributed by atoms with E-state index in [1.807, 2.05) is 0 Å². The molecule has 134 valence electrons. The van der Waals surface area contributed by atoms with Crippen LogP contribution in [-0.2, 0) is 16.6 Å². The summed E-state index contributed by atoms with van der Waals surface area (Å²) in [4.78, 5) is 12.2. The Balaban J connectivity index is 1.76. The molecule has 0 spiro atoms. The molecular formula is C18H15ClN2O4S. The van der Waals surface area contributed by atoms with Crippen LogP contribution in [0, 0.1) is 0 Å². The number of halogens is 1. The molecule has 0 saturated heterocycles. The van der Waals surface area contributed by atoms with Crippen LogP contribution in [0.3, 0.4) is 0 Å².